The highest BCUT2D eigenvalue weighted by atomic mass is 16.1. The van der Waals surface area contributed by atoms with Gasteiger partial charge in [-0.1, -0.05) is 218 Å². The van der Waals surface area contributed by atoms with Crippen LogP contribution in [0.4, 0.5) is 0 Å². The van der Waals surface area contributed by atoms with Crippen molar-refractivity contribution in [1.82, 2.24) is 27.4 Å². The summed E-state index contributed by atoms with van der Waals surface area (Å²) in [6, 6.07) is 152. The molecule has 0 radical (unpaired) electrons. The molecule has 126 heavy (non-hydrogen) atoms. The molecule has 12 bridgehead atoms. The maximum absolute atomic E-state index is 14.4. The molecule has 0 fully saturated rings. The molecule has 18 aromatic carbocycles. The van der Waals surface area contributed by atoms with Gasteiger partial charge < -0.3 is 27.4 Å². The molecule has 0 saturated heterocycles. The Morgan fingerprint density at radius 3 is 0.325 bits per heavy atom. The van der Waals surface area contributed by atoms with E-state index in [1.54, 1.807) is 0 Å². The summed E-state index contributed by atoms with van der Waals surface area (Å²) in [6.45, 7) is 0. The second-order valence-electron chi connectivity index (χ2n) is 30.6. The molecule has 0 amide bonds. The van der Waals surface area contributed by atoms with Gasteiger partial charge in [-0.25, -0.2) is 0 Å². The van der Waals surface area contributed by atoms with Crippen LogP contribution in [0.1, 0.15) is 95.5 Å². The lowest BCUT2D eigenvalue weighted by molar-refractivity contribution is 0.103. The van der Waals surface area contributed by atoms with Gasteiger partial charge in [0.05, 0.1) is 0 Å². The molecule has 1 aromatic heterocycles. The summed E-state index contributed by atoms with van der Waals surface area (Å²) in [4.78, 5) is 86.3. The summed E-state index contributed by atoms with van der Waals surface area (Å²) in [5.74, 6) is -0.730. The van der Waals surface area contributed by atoms with Crippen molar-refractivity contribution in [2.24, 2.45) is 0 Å². The molecular weight excluding hydrogens is 1550 g/mol. The molecule has 12 heteroatoms. The fourth-order valence-electron chi connectivity index (χ4n) is 16.4. The monoisotopic (exact) mass is 1630 g/mol. The first kappa shape index (κ1) is 78.6. The maximum atomic E-state index is 14.4. The fraction of sp³-hybridized carbons (Fsp3) is 0. The van der Waals surface area contributed by atoms with Gasteiger partial charge in [0.25, 0.3) is 0 Å². The SMILES string of the molecule is O=C(c1ccccc1)c1ccc(-n2c3cccc(c3)n(-c3ccc(C(=O)c4ccccc4)cc3)c3cccc(c3)n(-c3ccc(C(=O)c4ccccc4)cc3)c3cccc(c3)n(-c3ccc(C(=O)c4ccccc4)cc3)c3cccc(c3)n(-c3ccc(C(=O)c4ccccc4)cc3)c3cccc(c3)n(-c3ccc(C(=O)c4ccccc4)cc3)c3cccc2c3)cc1. The second kappa shape index (κ2) is 35.2. The zero-order valence-corrected chi connectivity index (χ0v) is 68.2. The Labute approximate surface area is 726 Å². The van der Waals surface area contributed by atoms with Crippen molar-refractivity contribution in [2.75, 3.05) is 0 Å². The zero-order chi connectivity index (χ0) is 85.4. The van der Waals surface area contributed by atoms with Crippen LogP contribution in [-0.2, 0) is 0 Å². The van der Waals surface area contributed by atoms with Gasteiger partial charge in [-0.3, -0.25) is 28.8 Å². The van der Waals surface area contributed by atoms with Gasteiger partial charge in [0.15, 0.2) is 34.7 Å². The molecule has 19 aromatic rings. The van der Waals surface area contributed by atoms with Crippen LogP contribution in [0.2, 0.25) is 0 Å². The van der Waals surface area contributed by atoms with E-state index in [0.717, 1.165) is 100 Å². The molecular formula is C114H78N6O6. The van der Waals surface area contributed by atoms with Crippen LogP contribution in [0.3, 0.4) is 0 Å². The van der Waals surface area contributed by atoms with Crippen LogP contribution in [0.15, 0.2) is 473 Å². The van der Waals surface area contributed by atoms with Crippen molar-refractivity contribution in [3.63, 3.8) is 0 Å². The molecule has 0 aliphatic rings. The zero-order valence-electron chi connectivity index (χ0n) is 68.2. The first-order valence-corrected chi connectivity index (χ1v) is 41.6. The summed E-state index contributed by atoms with van der Waals surface area (Å²) in [6.07, 6.45) is 0. The average molecular weight is 1630 g/mol. The number of nitrogens with zero attached hydrogens (tertiary/aromatic N) is 6. The smallest absolute Gasteiger partial charge is 0.193 e. The Hall–Kier alpha value is -17.2. The summed E-state index contributed by atoms with van der Waals surface area (Å²) in [5.41, 5.74) is 19.8. The molecule has 1 heterocycles. The van der Waals surface area contributed by atoms with Gasteiger partial charge in [0, 0.05) is 167 Å². The third-order valence-corrected chi connectivity index (χ3v) is 22.6. The van der Waals surface area contributed by atoms with E-state index < -0.39 is 0 Å². The number of carbonyl (C=O) groups excluding carboxylic acids is 6. The Balaban J connectivity index is 0.959. The van der Waals surface area contributed by atoms with Crippen molar-refractivity contribution in [3.8, 4) is 34.1 Å². The normalized spacial score (nSPS) is 11.0. The molecule has 0 atom stereocenters. The predicted molar refractivity (Wildman–Crippen MR) is 506 cm³/mol. The minimum absolute atomic E-state index is 0.122. The lowest BCUT2D eigenvalue weighted by Crippen LogP contribution is -2.05. The maximum Gasteiger partial charge on any atom is 0.193 e. The number of benzene rings is 18. The molecule has 0 N–H and O–H groups in total. The number of hydrogen-bond donors (Lipinski definition) is 0. The minimum Gasteiger partial charge on any atom is -0.310 e. The second-order valence-corrected chi connectivity index (χ2v) is 30.6. The molecule has 0 aliphatic heterocycles. The van der Waals surface area contributed by atoms with Crippen LogP contribution in [0.25, 0.3) is 100 Å². The molecule has 12 nitrogen and oxygen atoms in total. The van der Waals surface area contributed by atoms with E-state index in [1.165, 1.54) is 0 Å². The molecule has 600 valence electrons. The van der Waals surface area contributed by atoms with Crippen molar-refractivity contribution in [3.05, 3.63) is 540 Å². The van der Waals surface area contributed by atoms with Crippen LogP contribution in [-0.4, -0.2) is 62.1 Å². The average Bonchev–Trinajstić information content (AvgIpc) is 0.766. The number of rotatable bonds is 18. The number of carbonyl (C=O) groups is 6. The van der Waals surface area contributed by atoms with Gasteiger partial charge in [0.1, 0.15) is 0 Å². The highest BCUT2D eigenvalue weighted by Gasteiger charge is 2.19. The van der Waals surface area contributed by atoms with Crippen LogP contribution in [0, 0.1) is 0 Å². The summed E-state index contributed by atoms with van der Waals surface area (Å²) in [7, 11) is 0. The lowest BCUT2D eigenvalue weighted by Gasteiger charge is -2.17. The van der Waals surface area contributed by atoms with Gasteiger partial charge in [-0.05, 0) is 255 Å². The van der Waals surface area contributed by atoms with Gasteiger partial charge >= 0.3 is 0 Å². The quantitative estimate of drug-likeness (QED) is 0.0786. The van der Waals surface area contributed by atoms with Crippen LogP contribution in [0.5, 0.6) is 0 Å². The summed E-state index contributed by atoms with van der Waals surface area (Å²) in [5, 5.41) is 0. The third kappa shape index (κ3) is 16.3. The summed E-state index contributed by atoms with van der Waals surface area (Å²) >= 11 is 0. The topological polar surface area (TPSA) is 132 Å². The van der Waals surface area contributed by atoms with Crippen LogP contribution < -0.4 is 0 Å². The highest BCUT2D eigenvalue weighted by Crippen LogP contribution is 2.32. The van der Waals surface area contributed by atoms with E-state index in [-0.39, 0.29) is 34.7 Å². The van der Waals surface area contributed by atoms with Crippen molar-refractivity contribution in [2.45, 2.75) is 0 Å². The first-order chi connectivity index (χ1) is 62.0. The van der Waals surface area contributed by atoms with E-state index in [9.17, 15) is 28.8 Å². The molecule has 0 aliphatic carbocycles. The van der Waals surface area contributed by atoms with E-state index >= 15 is 0 Å². The Bertz CT molecular complexity index is 6380. The minimum atomic E-state index is -0.122. The molecule has 0 saturated carbocycles. The molecule has 0 spiro atoms. The third-order valence-electron chi connectivity index (χ3n) is 22.6. The fourth-order valence-corrected chi connectivity index (χ4v) is 16.4. The number of hydrogen-bond acceptors (Lipinski definition) is 6. The van der Waals surface area contributed by atoms with Crippen molar-refractivity contribution < 1.29 is 28.8 Å². The Morgan fingerprint density at radius 2 is 0.214 bits per heavy atom. The van der Waals surface area contributed by atoms with E-state index in [1.807, 2.05) is 364 Å². The number of aromatic nitrogens is 6. The largest absolute Gasteiger partial charge is 0.310 e. The Morgan fingerprint density at radius 1 is 0.111 bits per heavy atom. The van der Waals surface area contributed by atoms with E-state index in [0.29, 0.717) is 66.8 Å². The first-order valence-electron chi connectivity index (χ1n) is 41.6. The number of fused-ring (bicyclic) bond motifs is 12. The van der Waals surface area contributed by atoms with E-state index in [2.05, 4.69) is 137 Å². The van der Waals surface area contributed by atoms with Crippen LogP contribution >= 0.6 is 0 Å². The van der Waals surface area contributed by atoms with Crippen molar-refractivity contribution >= 4 is 101 Å². The van der Waals surface area contributed by atoms with Gasteiger partial charge in [0.2, 0.25) is 0 Å². The Kier molecular flexibility index (Phi) is 22.0. The van der Waals surface area contributed by atoms with Gasteiger partial charge in [-0.15, -0.1) is 0 Å². The predicted octanol–water partition coefficient (Wildman–Crippen LogP) is 25.8. The van der Waals surface area contributed by atoms with Crippen molar-refractivity contribution in [1.29, 1.82) is 0 Å². The molecule has 19 rings (SSSR count). The lowest BCUT2D eigenvalue weighted by atomic mass is 10.0. The highest BCUT2D eigenvalue weighted by molar-refractivity contribution is 6.12. The number of ketones is 6. The summed E-state index contributed by atoms with van der Waals surface area (Å²) < 4.78 is 13.1. The van der Waals surface area contributed by atoms with Gasteiger partial charge in [-0.2, -0.15) is 0 Å². The molecule has 0 unspecified atom stereocenters. The van der Waals surface area contributed by atoms with E-state index in [4.69, 9.17) is 0 Å². The standard InChI is InChI=1S/C114H78N6O6/c121-109(79-25-7-1-8-26-79)85-49-61-91(62-50-85)115-97-37-19-39-99(73-97)116(92-63-51-86(52-64-92)110(122)80-27-9-2-10-28-80)101-41-21-43-103(75-101)118(94-67-55-88(56-68-94)112(124)82-31-13-4-14-32-82)105-45-23-47-107(77-105)120(96-71-59-90(60-72-96)114(126)84-35-17-6-18-36-84)108-48-24-46-106(78-108)119(95-69-57-89(58-70-95)113(125)83-33-15-5-16-34-83)104-44-22-42-102(76-104)117(100-40-20-38-98(115)74-100)93-65-53-87(54-66-93)111(123)81-29-11-3-12-30-81/h1-78H.